The van der Waals surface area contributed by atoms with Crippen molar-refractivity contribution in [1.82, 2.24) is 10.2 Å². The minimum Gasteiger partial charge on any atom is -0.348 e. The number of likely N-dealkylation sites (tertiary alicyclic amines) is 1. The van der Waals surface area contributed by atoms with E-state index in [1.165, 1.54) is 0 Å². The zero-order valence-electron chi connectivity index (χ0n) is 16.7. The molecule has 0 spiro atoms. The van der Waals surface area contributed by atoms with Gasteiger partial charge in [0.25, 0.3) is 5.91 Å². The molecule has 3 rings (SSSR count). The van der Waals surface area contributed by atoms with Crippen LogP contribution in [0.1, 0.15) is 42.1 Å². The zero-order chi connectivity index (χ0) is 20.6. The van der Waals surface area contributed by atoms with Crippen LogP contribution < -0.4 is 10.6 Å². The topological polar surface area (TPSA) is 78.5 Å². The summed E-state index contributed by atoms with van der Waals surface area (Å²) in [6.07, 6.45) is 2.08. The second kappa shape index (κ2) is 9.87. The standard InChI is InChI=1S/C23H27N3O3/c1-2-21(27)26-14-6-9-19(16-26)23(29)25-20-12-10-18(11-13-20)22(28)24-15-17-7-4-3-5-8-17/h3-5,7-8,10-13,19H,2,6,9,14-16H2,1H3,(H,24,28)(H,25,29). The molecule has 2 aromatic rings. The quantitative estimate of drug-likeness (QED) is 0.791. The van der Waals surface area contributed by atoms with Crippen LogP contribution in [0.3, 0.4) is 0 Å². The van der Waals surface area contributed by atoms with Crippen LogP contribution in [0.15, 0.2) is 54.6 Å². The fourth-order valence-corrected chi connectivity index (χ4v) is 3.47. The molecule has 1 aliphatic rings. The van der Waals surface area contributed by atoms with Crippen LogP contribution in [0.25, 0.3) is 0 Å². The number of amides is 3. The van der Waals surface area contributed by atoms with E-state index >= 15 is 0 Å². The van der Waals surface area contributed by atoms with Gasteiger partial charge in [-0.15, -0.1) is 0 Å². The third-order valence-corrected chi connectivity index (χ3v) is 5.16. The van der Waals surface area contributed by atoms with E-state index < -0.39 is 0 Å². The van der Waals surface area contributed by atoms with Gasteiger partial charge in [0.05, 0.1) is 5.92 Å². The van der Waals surface area contributed by atoms with Gasteiger partial charge in [0.1, 0.15) is 0 Å². The van der Waals surface area contributed by atoms with Crippen molar-refractivity contribution in [3.8, 4) is 0 Å². The second-order valence-corrected chi connectivity index (χ2v) is 7.27. The van der Waals surface area contributed by atoms with Crippen LogP contribution in [0.4, 0.5) is 5.69 Å². The molecule has 152 valence electrons. The molecule has 1 atom stereocenters. The predicted octanol–water partition coefficient (Wildman–Crippen LogP) is 3.20. The minimum atomic E-state index is -0.201. The molecule has 3 amide bonds. The number of nitrogens with zero attached hydrogens (tertiary/aromatic N) is 1. The summed E-state index contributed by atoms with van der Waals surface area (Å²) in [5, 5.41) is 5.79. The van der Waals surface area contributed by atoms with E-state index in [0.29, 0.717) is 30.8 Å². The number of anilines is 1. The van der Waals surface area contributed by atoms with Crippen LogP contribution in [0.5, 0.6) is 0 Å². The summed E-state index contributed by atoms with van der Waals surface area (Å²) in [6.45, 7) is 3.50. The molecule has 1 aliphatic heterocycles. The van der Waals surface area contributed by atoms with Gasteiger partial charge in [0, 0.05) is 37.3 Å². The molecule has 0 radical (unpaired) electrons. The molecule has 0 bridgehead atoms. The van der Waals surface area contributed by atoms with Crippen molar-refractivity contribution >= 4 is 23.4 Å². The summed E-state index contributed by atoms with van der Waals surface area (Å²) in [6, 6.07) is 16.6. The third-order valence-electron chi connectivity index (χ3n) is 5.16. The normalized spacial score (nSPS) is 16.2. The van der Waals surface area contributed by atoms with Gasteiger partial charge in [-0.2, -0.15) is 0 Å². The van der Waals surface area contributed by atoms with Crippen molar-refractivity contribution in [3.05, 3.63) is 65.7 Å². The lowest BCUT2D eigenvalue weighted by atomic mass is 9.96. The van der Waals surface area contributed by atoms with Crippen LogP contribution in [-0.4, -0.2) is 35.7 Å². The Bertz CT molecular complexity index is 849. The molecule has 0 aliphatic carbocycles. The molecule has 1 fully saturated rings. The Morgan fingerprint density at radius 3 is 2.45 bits per heavy atom. The predicted molar refractivity (Wildman–Crippen MR) is 112 cm³/mol. The van der Waals surface area contributed by atoms with Crippen LogP contribution >= 0.6 is 0 Å². The molecule has 29 heavy (non-hydrogen) atoms. The first-order valence-corrected chi connectivity index (χ1v) is 10.1. The van der Waals surface area contributed by atoms with E-state index in [2.05, 4.69) is 10.6 Å². The Labute approximate surface area is 171 Å². The highest BCUT2D eigenvalue weighted by Gasteiger charge is 2.27. The van der Waals surface area contributed by atoms with Crippen molar-refractivity contribution in [3.63, 3.8) is 0 Å². The molecule has 2 aromatic carbocycles. The van der Waals surface area contributed by atoms with Gasteiger partial charge < -0.3 is 15.5 Å². The fourth-order valence-electron chi connectivity index (χ4n) is 3.47. The van der Waals surface area contributed by atoms with E-state index in [-0.39, 0.29) is 23.6 Å². The van der Waals surface area contributed by atoms with Crippen LogP contribution in [0, 0.1) is 5.92 Å². The monoisotopic (exact) mass is 393 g/mol. The molecule has 1 unspecified atom stereocenters. The van der Waals surface area contributed by atoms with Crippen LogP contribution in [0.2, 0.25) is 0 Å². The first-order valence-electron chi connectivity index (χ1n) is 10.1. The number of hydrogen-bond donors (Lipinski definition) is 2. The highest BCUT2D eigenvalue weighted by molar-refractivity contribution is 5.96. The Balaban J connectivity index is 1.52. The van der Waals surface area contributed by atoms with Gasteiger partial charge in [-0.3, -0.25) is 14.4 Å². The summed E-state index contributed by atoms with van der Waals surface area (Å²) in [7, 11) is 0. The average Bonchev–Trinajstić information content (AvgIpc) is 2.78. The highest BCUT2D eigenvalue weighted by Crippen LogP contribution is 2.20. The Kier molecular flexibility index (Phi) is 7.00. The van der Waals surface area contributed by atoms with Crippen molar-refractivity contribution in [2.24, 2.45) is 5.92 Å². The molecule has 2 N–H and O–H groups in total. The molecule has 0 aromatic heterocycles. The lowest BCUT2D eigenvalue weighted by Gasteiger charge is -2.31. The Morgan fingerprint density at radius 2 is 1.76 bits per heavy atom. The lowest BCUT2D eigenvalue weighted by molar-refractivity contribution is -0.134. The van der Waals surface area contributed by atoms with Crippen LogP contribution in [-0.2, 0) is 16.1 Å². The minimum absolute atomic E-state index is 0.0834. The van der Waals surface area contributed by atoms with E-state index in [1.807, 2.05) is 37.3 Å². The number of piperidine rings is 1. The number of nitrogens with one attached hydrogen (secondary N) is 2. The molecule has 1 heterocycles. The summed E-state index contributed by atoms with van der Waals surface area (Å²) in [5.74, 6) is -0.353. The van der Waals surface area contributed by atoms with E-state index in [4.69, 9.17) is 0 Å². The van der Waals surface area contributed by atoms with Gasteiger partial charge in [-0.25, -0.2) is 0 Å². The maximum atomic E-state index is 12.6. The smallest absolute Gasteiger partial charge is 0.251 e. The number of rotatable bonds is 6. The molecular formula is C23H27N3O3. The molecule has 6 nitrogen and oxygen atoms in total. The summed E-state index contributed by atoms with van der Waals surface area (Å²) < 4.78 is 0. The Hall–Kier alpha value is -3.15. The first kappa shape index (κ1) is 20.6. The van der Waals surface area contributed by atoms with E-state index in [1.54, 1.807) is 29.2 Å². The lowest BCUT2D eigenvalue weighted by Crippen LogP contribution is -2.43. The maximum absolute atomic E-state index is 12.6. The summed E-state index contributed by atoms with van der Waals surface area (Å²) in [4.78, 5) is 38.5. The van der Waals surface area contributed by atoms with E-state index in [0.717, 1.165) is 24.9 Å². The first-order chi connectivity index (χ1) is 14.1. The largest absolute Gasteiger partial charge is 0.348 e. The third kappa shape index (κ3) is 5.67. The molecule has 0 saturated carbocycles. The summed E-state index contributed by atoms with van der Waals surface area (Å²) >= 11 is 0. The molecule has 1 saturated heterocycles. The van der Waals surface area contributed by atoms with Gasteiger partial charge >= 0.3 is 0 Å². The SMILES string of the molecule is CCC(=O)N1CCCC(C(=O)Nc2ccc(C(=O)NCc3ccccc3)cc2)C1. The zero-order valence-corrected chi connectivity index (χ0v) is 16.7. The van der Waals surface area contributed by atoms with Crippen molar-refractivity contribution in [2.75, 3.05) is 18.4 Å². The van der Waals surface area contributed by atoms with Gasteiger partial charge in [0.15, 0.2) is 0 Å². The number of benzene rings is 2. The summed E-state index contributed by atoms with van der Waals surface area (Å²) in [5.41, 5.74) is 2.22. The van der Waals surface area contributed by atoms with Crippen molar-refractivity contribution < 1.29 is 14.4 Å². The van der Waals surface area contributed by atoms with Gasteiger partial charge in [0.2, 0.25) is 11.8 Å². The number of carbonyl (C=O) groups is 3. The maximum Gasteiger partial charge on any atom is 0.251 e. The van der Waals surface area contributed by atoms with Gasteiger partial charge in [-0.05, 0) is 42.7 Å². The van der Waals surface area contributed by atoms with Crippen molar-refractivity contribution in [1.29, 1.82) is 0 Å². The van der Waals surface area contributed by atoms with Gasteiger partial charge in [-0.1, -0.05) is 37.3 Å². The Morgan fingerprint density at radius 1 is 1.03 bits per heavy atom. The molecule has 6 heteroatoms. The fraction of sp³-hybridized carbons (Fsp3) is 0.348. The number of hydrogen-bond acceptors (Lipinski definition) is 3. The highest BCUT2D eigenvalue weighted by atomic mass is 16.2. The second-order valence-electron chi connectivity index (χ2n) is 7.27. The van der Waals surface area contributed by atoms with Crippen molar-refractivity contribution in [2.45, 2.75) is 32.7 Å². The average molecular weight is 393 g/mol. The number of carbonyl (C=O) groups excluding carboxylic acids is 3. The molecular weight excluding hydrogens is 366 g/mol. The van der Waals surface area contributed by atoms with E-state index in [9.17, 15) is 14.4 Å².